The van der Waals surface area contributed by atoms with Crippen LogP contribution >= 0.6 is 15.9 Å². The van der Waals surface area contributed by atoms with Gasteiger partial charge in [-0.15, -0.1) is 0 Å². The van der Waals surface area contributed by atoms with E-state index in [0.29, 0.717) is 17.0 Å². The maximum Gasteiger partial charge on any atom is 0.274 e. The fourth-order valence-corrected chi connectivity index (χ4v) is 2.02. The van der Waals surface area contributed by atoms with Gasteiger partial charge in [-0.25, -0.2) is 4.98 Å². The first kappa shape index (κ1) is 15.9. The van der Waals surface area contributed by atoms with Gasteiger partial charge in [0.1, 0.15) is 4.60 Å². The number of amides is 1. The maximum atomic E-state index is 12.1. The number of nitrogens with zero attached hydrogens (tertiary/aromatic N) is 1. The molecule has 0 aliphatic heterocycles. The molecule has 3 N–H and O–H groups in total. The molecule has 0 bridgehead atoms. The first-order valence-corrected chi connectivity index (χ1v) is 6.65. The van der Waals surface area contributed by atoms with Gasteiger partial charge in [0.15, 0.2) is 11.4 Å². The number of aromatic nitrogens is 1. The first-order valence-electron chi connectivity index (χ1n) is 5.86. The standard InChI is InChI=1S/C12H17BrN2O4/c1-3-19-11-7(2)4-9(13)15-10(11)12(18)14-8(5-16)6-17/h4,8,16-17H,3,5-6H2,1-2H3,(H,14,18). The molecule has 0 saturated carbocycles. The van der Waals surface area contributed by atoms with E-state index in [1.165, 1.54) is 0 Å². The Bertz CT molecular complexity index is 450. The van der Waals surface area contributed by atoms with Crippen molar-refractivity contribution >= 4 is 21.8 Å². The number of carbonyl (C=O) groups is 1. The number of halogens is 1. The normalized spacial score (nSPS) is 10.6. The molecular weight excluding hydrogens is 316 g/mol. The van der Waals surface area contributed by atoms with Gasteiger partial charge < -0.3 is 20.3 Å². The number of aliphatic hydroxyl groups is 2. The van der Waals surface area contributed by atoms with E-state index in [4.69, 9.17) is 14.9 Å². The predicted octanol–water partition coefficient (Wildman–Crippen LogP) is 0.634. The predicted molar refractivity (Wildman–Crippen MR) is 73.3 cm³/mol. The Kier molecular flexibility index (Phi) is 6.20. The molecular formula is C12H17BrN2O4. The molecule has 0 aliphatic rings. The number of pyridine rings is 1. The van der Waals surface area contributed by atoms with Crippen LogP contribution < -0.4 is 10.1 Å². The molecule has 0 atom stereocenters. The molecule has 0 aliphatic carbocycles. The largest absolute Gasteiger partial charge is 0.491 e. The molecule has 1 aromatic rings. The zero-order chi connectivity index (χ0) is 14.4. The van der Waals surface area contributed by atoms with Crippen LogP contribution in [0.1, 0.15) is 23.0 Å². The molecule has 0 spiro atoms. The van der Waals surface area contributed by atoms with Gasteiger partial charge in [0.25, 0.3) is 5.91 Å². The average molecular weight is 333 g/mol. The molecule has 106 valence electrons. The summed E-state index contributed by atoms with van der Waals surface area (Å²) in [7, 11) is 0. The zero-order valence-electron chi connectivity index (χ0n) is 10.8. The van der Waals surface area contributed by atoms with Crippen LogP contribution in [0.3, 0.4) is 0 Å². The molecule has 6 nitrogen and oxygen atoms in total. The fraction of sp³-hybridized carbons (Fsp3) is 0.500. The van der Waals surface area contributed by atoms with Crippen molar-refractivity contribution in [3.05, 3.63) is 21.9 Å². The summed E-state index contributed by atoms with van der Waals surface area (Å²) in [6.45, 7) is 3.34. The number of hydrogen-bond donors (Lipinski definition) is 3. The quantitative estimate of drug-likeness (QED) is 0.665. The third-order valence-electron chi connectivity index (χ3n) is 2.41. The van der Waals surface area contributed by atoms with Crippen molar-refractivity contribution in [3.8, 4) is 5.75 Å². The lowest BCUT2D eigenvalue weighted by Crippen LogP contribution is -2.40. The van der Waals surface area contributed by atoms with Crippen molar-refractivity contribution in [1.82, 2.24) is 10.3 Å². The number of carbonyl (C=O) groups excluding carboxylic acids is 1. The molecule has 1 rings (SSSR count). The van der Waals surface area contributed by atoms with Crippen LogP contribution in [0.4, 0.5) is 0 Å². The Morgan fingerprint density at radius 2 is 2.16 bits per heavy atom. The van der Waals surface area contributed by atoms with E-state index in [9.17, 15) is 4.79 Å². The molecule has 0 aromatic carbocycles. The SMILES string of the molecule is CCOc1c(C)cc(Br)nc1C(=O)NC(CO)CO. The minimum Gasteiger partial charge on any atom is -0.491 e. The summed E-state index contributed by atoms with van der Waals surface area (Å²) in [5.41, 5.74) is 0.902. The van der Waals surface area contributed by atoms with Gasteiger partial charge in [0.2, 0.25) is 0 Å². The van der Waals surface area contributed by atoms with Crippen LogP contribution in [0.25, 0.3) is 0 Å². The van der Waals surface area contributed by atoms with Crippen molar-refractivity contribution in [2.45, 2.75) is 19.9 Å². The topological polar surface area (TPSA) is 91.7 Å². The molecule has 1 amide bonds. The van der Waals surface area contributed by atoms with Gasteiger partial charge in [-0.2, -0.15) is 0 Å². The van der Waals surface area contributed by atoms with E-state index >= 15 is 0 Å². The van der Waals surface area contributed by atoms with Crippen molar-refractivity contribution < 1.29 is 19.7 Å². The number of ether oxygens (including phenoxy) is 1. The summed E-state index contributed by atoms with van der Waals surface area (Å²) in [4.78, 5) is 16.2. The highest BCUT2D eigenvalue weighted by Crippen LogP contribution is 2.25. The summed E-state index contributed by atoms with van der Waals surface area (Å²) in [6.07, 6.45) is 0. The van der Waals surface area contributed by atoms with Crippen LogP contribution in [0.2, 0.25) is 0 Å². The van der Waals surface area contributed by atoms with Gasteiger partial charge in [-0.1, -0.05) is 0 Å². The Morgan fingerprint density at radius 3 is 2.68 bits per heavy atom. The van der Waals surface area contributed by atoms with Gasteiger partial charge in [0, 0.05) is 0 Å². The molecule has 0 unspecified atom stereocenters. The zero-order valence-corrected chi connectivity index (χ0v) is 12.4. The molecule has 19 heavy (non-hydrogen) atoms. The summed E-state index contributed by atoms with van der Waals surface area (Å²) < 4.78 is 5.94. The van der Waals surface area contributed by atoms with Crippen molar-refractivity contribution in [3.63, 3.8) is 0 Å². The summed E-state index contributed by atoms with van der Waals surface area (Å²) in [5.74, 6) is -0.0984. The first-order chi connectivity index (χ1) is 9.03. The fourth-order valence-electron chi connectivity index (χ4n) is 1.50. The number of nitrogens with one attached hydrogen (secondary N) is 1. The van der Waals surface area contributed by atoms with Crippen LogP contribution in [-0.2, 0) is 0 Å². The Labute approximate surface area is 119 Å². The van der Waals surface area contributed by atoms with E-state index in [1.54, 1.807) is 6.07 Å². The van der Waals surface area contributed by atoms with Crippen LogP contribution in [0.5, 0.6) is 5.75 Å². The highest BCUT2D eigenvalue weighted by Gasteiger charge is 2.20. The van der Waals surface area contributed by atoms with Crippen LogP contribution in [0.15, 0.2) is 10.7 Å². The van der Waals surface area contributed by atoms with Gasteiger partial charge >= 0.3 is 0 Å². The second kappa shape index (κ2) is 7.42. The van der Waals surface area contributed by atoms with E-state index in [2.05, 4.69) is 26.2 Å². The van der Waals surface area contributed by atoms with Crippen molar-refractivity contribution in [2.75, 3.05) is 19.8 Å². The summed E-state index contributed by atoms with van der Waals surface area (Å²) >= 11 is 3.22. The number of rotatable bonds is 6. The summed E-state index contributed by atoms with van der Waals surface area (Å²) in [6, 6.07) is 1.03. The minimum atomic E-state index is -0.719. The highest BCUT2D eigenvalue weighted by molar-refractivity contribution is 9.10. The van der Waals surface area contributed by atoms with Crippen molar-refractivity contribution in [2.24, 2.45) is 0 Å². The third kappa shape index (κ3) is 4.15. The van der Waals surface area contributed by atoms with Gasteiger partial charge in [-0.3, -0.25) is 4.79 Å². The lowest BCUT2D eigenvalue weighted by molar-refractivity contribution is 0.0870. The van der Waals surface area contributed by atoms with Crippen LogP contribution in [0, 0.1) is 6.92 Å². The van der Waals surface area contributed by atoms with E-state index in [1.807, 2.05) is 13.8 Å². The van der Waals surface area contributed by atoms with Crippen molar-refractivity contribution in [1.29, 1.82) is 0 Å². The molecule has 1 aromatic heterocycles. The summed E-state index contributed by atoms with van der Waals surface area (Å²) in [5, 5.41) is 20.4. The molecule has 0 fully saturated rings. The third-order valence-corrected chi connectivity index (χ3v) is 2.81. The van der Waals surface area contributed by atoms with Gasteiger partial charge in [0.05, 0.1) is 25.9 Å². The Balaban J connectivity index is 3.06. The second-order valence-electron chi connectivity index (χ2n) is 3.91. The highest BCUT2D eigenvalue weighted by atomic mass is 79.9. The Morgan fingerprint density at radius 1 is 1.53 bits per heavy atom. The molecule has 0 saturated heterocycles. The lowest BCUT2D eigenvalue weighted by Gasteiger charge is -2.16. The van der Waals surface area contributed by atoms with E-state index in [0.717, 1.165) is 5.56 Å². The Hall–Kier alpha value is -1.18. The monoisotopic (exact) mass is 332 g/mol. The van der Waals surface area contributed by atoms with E-state index < -0.39 is 11.9 Å². The smallest absolute Gasteiger partial charge is 0.274 e. The minimum absolute atomic E-state index is 0.126. The molecule has 1 heterocycles. The number of hydrogen-bond acceptors (Lipinski definition) is 5. The van der Waals surface area contributed by atoms with E-state index in [-0.39, 0.29) is 18.9 Å². The number of aryl methyl sites for hydroxylation is 1. The van der Waals surface area contributed by atoms with Crippen LogP contribution in [-0.4, -0.2) is 47.0 Å². The molecule has 7 heteroatoms. The molecule has 0 radical (unpaired) electrons. The average Bonchev–Trinajstić information content (AvgIpc) is 2.38. The number of aliphatic hydroxyl groups excluding tert-OH is 2. The van der Waals surface area contributed by atoms with Gasteiger partial charge in [-0.05, 0) is 41.4 Å². The maximum absolute atomic E-state index is 12.1. The lowest BCUT2D eigenvalue weighted by atomic mass is 10.2. The second-order valence-corrected chi connectivity index (χ2v) is 4.72.